The minimum absolute atomic E-state index is 0.0256. The molecule has 24 heavy (non-hydrogen) atoms. The number of piperidine rings is 1. The lowest BCUT2D eigenvalue weighted by Gasteiger charge is -2.31. The van der Waals surface area contributed by atoms with Crippen molar-refractivity contribution in [1.82, 2.24) is 20.1 Å². The maximum atomic E-state index is 12.8. The van der Waals surface area contributed by atoms with E-state index in [4.69, 9.17) is 0 Å². The van der Waals surface area contributed by atoms with Crippen LogP contribution in [0.1, 0.15) is 34.9 Å². The molecule has 0 spiro atoms. The Bertz CT molecular complexity index is 813. The van der Waals surface area contributed by atoms with E-state index >= 15 is 0 Å². The fourth-order valence-electron chi connectivity index (χ4n) is 3.16. The molecule has 0 saturated carbocycles. The number of hydrogen-bond acceptors (Lipinski definition) is 4. The maximum absolute atomic E-state index is 12.8. The van der Waals surface area contributed by atoms with E-state index in [0.717, 1.165) is 42.2 Å². The molecule has 122 valence electrons. The number of rotatable bonds is 3. The number of hydrogen-bond donors (Lipinski definition) is 1. The number of amides is 1. The van der Waals surface area contributed by atoms with Gasteiger partial charge in [-0.05, 0) is 18.9 Å². The zero-order valence-corrected chi connectivity index (χ0v) is 14.0. The Kier molecular flexibility index (Phi) is 4.13. The minimum Gasteiger partial charge on any atom is -0.337 e. The summed E-state index contributed by atoms with van der Waals surface area (Å²) >= 11 is 1.52. The van der Waals surface area contributed by atoms with Gasteiger partial charge in [-0.1, -0.05) is 30.3 Å². The second-order valence-corrected chi connectivity index (χ2v) is 6.86. The molecule has 1 amide bonds. The highest BCUT2D eigenvalue weighted by atomic mass is 32.1. The van der Waals surface area contributed by atoms with Crippen molar-refractivity contribution in [2.24, 2.45) is 0 Å². The largest absolute Gasteiger partial charge is 0.337 e. The number of thiazole rings is 1. The number of aromatic amines is 1. The van der Waals surface area contributed by atoms with Crippen molar-refractivity contribution in [3.8, 4) is 10.6 Å². The minimum atomic E-state index is 0.0256. The highest BCUT2D eigenvalue weighted by Crippen LogP contribution is 2.28. The molecule has 1 fully saturated rings. The molecular weight excluding hydrogens is 320 g/mol. The van der Waals surface area contributed by atoms with E-state index in [1.807, 2.05) is 46.7 Å². The van der Waals surface area contributed by atoms with Crippen LogP contribution < -0.4 is 0 Å². The zero-order valence-electron chi connectivity index (χ0n) is 13.2. The van der Waals surface area contributed by atoms with Gasteiger partial charge < -0.3 is 4.90 Å². The van der Waals surface area contributed by atoms with Crippen molar-refractivity contribution >= 4 is 17.2 Å². The van der Waals surface area contributed by atoms with E-state index in [9.17, 15) is 4.79 Å². The van der Waals surface area contributed by atoms with Gasteiger partial charge >= 0.3 is 0 Å². The molecule has 0 aliphatic carbocycles. The number of likely N-dealkylation sites (tertiary alicyclic amines) is 1. The van der Waals surface area contributed by atoms with Crippen LogP contribution in [0.5, 0.6) is 0 Å². The molecule has 1 aliphatic heterocycles. The lowest BCUT2D eigenvalue weighted by Crippen LogP contribution is -2.39. The summed E-state index contributed by atoms with van der Waals surface area (Å²) in [6.45, 7) is 1.51. The number of nitrogens with zero attached hydrogens (tertiary/aromatic N) is 3. The standard InChI is InChI=1S/C18H18N4OS/c23-18(16-12-24-17(20-16)13-5-2-1-3-6-13)22-10-4-7-14(11-22)15-8-9-19-21-15/h1-3,5-6,8-9,12,14H,4,7,10-11H2,(H,19,21)/t14-/m1/s1. The SMILES string of the molecule is O=C(c1csc(-c2ccccc2)n1)N1CCC[C@@H](c2ccn[nH]2)C1. The molecular formula is C18H18N4OS. The van der Waals surface area contributed by atoms with Crippen LogP contribution in [0.3, 0.4) is 0 Å². The van der Waals surface area contributed by atoms with Crippen LogP contribution in [0.2, 0.25) is 0 Å². The molecule has 1 N–H and O–H groups in total. The van der Waals surface area contributed by atoms with Crippen LogP contribution in [0, 0.1) is 0 Å². The van der Waals surface area contributed by atoms with E-state index in [1.165, 1.54) is 11.3 Å². The van der Waals surface area contributed by atoms with Gasteiger partial charge in [-0.3, -0.25) is 9.89 Å². The van der Waals surface area contributed by atoms with E-state index in [1.54, 1.807) is 6.20 Å². The molecule has 4 rings (SSSR count). The van der Waals surface area contributed by atoms with E-state index in [2.05, 4.69) is 15.2 Å². The van der Waals surface area contributed by atoms with Crippen LogP contribution >= 0.6 is 11.3 Å². The molecule has 5 nitrogen and oxygen atoms in total. The van der Waals surface area contributed by atoms with Gasteiger partial charge in [0.25, 0.3) is 5.91 Å². The first-order valence-electron chi connectivity index (χ1n) is 8.11. The van der Waals surface area contributed by atoms with E-state index < -0.39 is 0 Å². The number of carbonyl (C=O) groups is 1. The lowest BCUT2D eigenvalue weighted by atomic mass is 9.95. The van der Waals surface area contributed by atoms with E-state index in [-0.39, 0.29) is 5.91 Å². The number of H-pyrrole nitrogens is 1. The van der Waals surface area contributed by atoms with Gasteiger partial charge in [0.2, 0.25) is 0 Å². The lowest BCUT2D eigenvalue weighted by molar-refractivity contribution is 0.0701. The molecule has 1 atom stereocenters. The molecule has 0 radical (unpaired) electrons. The third-order valence-electron chi connectivity index (χ3n) is 4.41. The summed E-state index contributed by atoms with van der Waals surface area (Å²) in [4.78, 5) is 19.3. The topological polar surface area (TPSA) is 61.9 Å². The molecule has 0 unspecified atom stereocenters. The fourth-order valence-corrected chi connectivity index (χ4v) is 3.96. The Balaban J connectivity index is 1.50. The Morgan fingerprint density at radius 1 is 1.25 bits per heavy atom. The van der Waals surface area contributed by atoms with Crippen molar-refractivity contribution in [2.75, 3.05) is 13.1 Å². The molecule has 1 aliphatic rings. The Hall–Kier alpha value is -2.47. The molecule has 0 bridgehead atoms. The first kappa shape index (κ1) is 15.1. The number of aromatic nitrogens is 3. The predicted molar refractivity (Wildman–Crippen MR) is 94.0 cm³/mol. The van der Waals surface area contributed by atoms with Crippen LogP contribution in [0.15, 0.2) is 48.0 Å². The number of benzene rings is 1. The second-order valence-electron chi connectivity index (χ2n) is 6.01. The maximum Gasteiger partial charge on any atom is 0.273 e. The third-order valence-corrected chi connectivity index (χ3v) is 5.31. The average molecular weight is 338 g/mol. The molecule has 1 aromatic carbocycles. The van der Waals surface area contributed by atoms with Crippen LogP contribution in [0.25, 0.3) is 10.6 Å². The van der Waals surface area contributed by atoms with Crippen molar-refractivity contribution < 1.29 is 4.79 Å². The molecule has 1 saturated heterocycles. The number of nitrogens with one attached hydrogen (secondary N) is 1. The first-order valence-corrected chi connectivity index (χ1v) is 8.99. The van der Waals surface area contributed by atoms with Crippen molar-refractivity contribution in [2.45, 2.75) is 18.8 Å². The first-order chi connectivity index (χ1) is 11.8. The summed E-state index contributed by atoms with van der Waals surface area (Å²) in [6, 6.07) is 12.0. The van der Waals surface area contributed by atoms with Crippen LogP contribution in [-0.4, -0.2) is 39.1 Å². The van der Waals surface area contributed by atoms with E-state index in [0.29, 0.717) is 11.6 Å². The predicted octanol–water partition coefficient (Wildman–Crippen LogP) is 3.55. The monoisotopic (exact) mass is 338 g/mol. The third kappa shape index (κ3) is 2.97. The smallest absolute Gasteiger partial charge is 0.273 e. The molecule has 3 aromatic rings. The molecule has 3 heterocycles. The quantitative estimate of drug-likeness (QED) is 0.794. The van der Waals surface area contributed by atoms with Crippen molar-refractivity contribution in [1.29, 1.82) is 0 Å². The highest BCUT2D eigenvalue weighted by molar-refractivity contribution is 7.13. The Morgan fingerprint density at radius 2 is 2.12 bits per heavy atom. The zero-order chi connectivity index (χ0) is 16.4. The van der Waals surface area contributed by atoms with Gasteiger partial charge in [-0.25, -0.2) is 4.98 Å². The second kappa shape index (κ2) is 6.57. The van der Waals surface area contributed by atoms with Gasteiger partial charge in [0.1, 0.15) is 10.7 Å². The van der Waals surface area contributed by atoms with Crippen molar-refractivity contribution in [3.05, 3.63) is 59.4 Å². The molecule has 6 heteroatoms. The van der Waals surface area contributed by atoms with Crippen molar-refractivity contribution in [3.63, 3.8) is 0 Å². The fraction of sp³-hybridized carbons (Fsp3) is 0.278. The molecule has 2 aromatic heterocycles. The summed E-state index contributed by atoms with van der Waals surface area (Å²) in [7, 11) is 0. The van der Waals surface area contributed by atoms with Gasteiger partial charge in [-0.15, -0.1) is 11.3 Å². The van der Waals surface area contributed by atoms with Gasteiger partial charge in [0.15, 0.2) is 0 Å². The summed E-state index contributed by atoms with van der Waals surface area (Å²) in [5.74, 6) is 0.357. The Morgan fingerprint density at radius 3 is 2.92 bits per heavy atom. The van der Waals surface area contributed by atoms with Gasteiger partial charge in [0.05, 0.1) is 0 Å². The Labute approximate surface area is 144 Å². The van der Waals surface area contributed by atoms with Gasteiger partial charge in [-0.2, -0.15) is 5.10 Å². The number of carbonyl (C=O) groups excluding carboxylic acids is 1. The summed E-state index contributed by atoms with van der Waals surface area (Å²) in [5.41, 5.74) is 2.70. The summed E-state index contributed by atoms with van der Waals surface area (Å²) in [5, 5.41) is 9.81. The summed E-state index contributed by atoms with van der Waals surface area (Å²) in [6.07, 6.45) is 3.85. The highest BCUT2D eigenvalue weighted by Gasteiger charge is 2.27. The summed E-state index contributed by atoms with van der Waals surface area (Å²) < 4.78 is 0. The van der Waals surface area contributed by atoms with Crippen LogP contribution in [-0.2, 0) is 0 Å². The van der Waals surface area contributed by atoms with Gasteiger partial charge in [0, 0.05) is 41.8 Å². The van der Waals surface area contributed by atoms with Crippen LogP contribution in [0.4, 0.5) is 0 Å². The normalized spacial score (nSPS) is 17.8. The average Bonchev–Trinajstić information content (AvgIpc) is 3.34.